The summed E-state index contributed by atoms with van der Waals surface area (Å²) in [6.45, 7) is 8.55. The normalized spacial score (nSPS) is 23.0. The molecule has 7 nitrogen and oxygen atoms in total. The van der Waals surface area contributed by atoms with Crippen LogP contribution in [0.3, 0.4) is 0 Å². The maximum absolute atomic E-state index is 13.4. The Labute approximate surface area is 241 Å². The molecule has 2 atom stereocenters. The first kappa shape index (κ1) is 28.4. The second-order valence-corrected chi connectivity index (χ2v) is 14.2. The van der Waals surface area contributed by atoms with Crippen LogP contribution in [0.4, 0.5) is 10.5 Å². The van der Waals surface area contributed by atoms with Crippen LogP contribution >= 0.6 is 23.2 Å². The van der Waals surface area contributed by atoms with Gasteiger partial charge in [0, 0.05) is 61.5 Å². The Morgan fingerprint density at radius 2 is 1.62 bits per heavy atom. The third-order valence-electron chi connectivity index (χ3n) is 8.81. The molecule has 210 valence electrons. The molecule has 2 aromatic carbocycles. The average molecular weight is 592 g/mol. The van der Waals surface area contributed by atoms with E-state index in [0.717, 1.165) is 12.3 Å². The number of nitrogens with one attached hydrogen (secondary N) is 1. The lowest BCUT2D eigenvalue weighted by atomic mass is 9.49. The van der Waals surface area contributed by atoms with Crippen LogP contribution in [0.15, 0.2) is 65.1 Å². The number of sulfonamides is 1. The van der Waals surface area contributed by atoms with E-state index in [4.69, 9.17) is 23.2 Å². The number of fused-ring (bicyclic) bond motifs is 1. The van der Waals surface area contributed by atoms with Gasteiger partial charge in [0.05, 0.1) is 4.90 Å². The van der Waals surface area contributed by atoms with Gasteiger partial charge in [0.15, 0.2) is 0 Å². The van der Waals surface area contributed by atoms with Crippen molar-refractivity contribution in [2.75, 3.05) is 51.1 Å². The van der Waals surface area contributed by atoms with Crippen LogP contribution in [0.2, 0.25) is 10.0 Å². The van der Waals surface area contributed by atoms with Crippen molar-refractivity contribution in [2.45, 2.75) is 31.6 Å². The largest absolute Gasteiger partial charge is 0.322 e. The van der Waals surface area contributed by atoms with Gasteiger partial charge in [-0.25, -0.2) is 13.2 Å². The first-order valence-corrected chi connectivity index (χ1v) is 15.7. The molecule has 1 saturated carbocycles. The Morgan fingerprint density at radius 1 is 1.00 bits per heavy atom. The Morgan fingerprint density at radius 3 is 2.21 bits per heavy atom. The molecule has 1 saturated heterocycles. The topological polar surface area (TPSA) is 73.0 Å². The summed E-state index contributed by atoms with van der Waals surface area (Å²) in [5, 5.41) is 4.16. The molecule has 6 rings (SSSR count). The van der Waals surface area contributed by atoms with E-state index >= 15 is 0 Å². The maximum Gasteiger partial charge on any atom is 0.322 e. The summed E-state index contributed by atoms with van der Waals surface area (Å²) in [4.78, 5) is 17.8. The van der Waals surface area contributed by atoms with E-state index in [1.54, 1.807) is 48.5 Å². The number of carbonyl (C=O) groups is 1. The van der Waals surface area contributed by atoms with Crippen LogP contribution in [-0.4, -0.2) is 74.4 Å². The molecule has 10 heteroatoms. The summed E-state index contributed by atoms with van der Waals surface area (Å²) >= 11 is 11.9. The number of benzene rings is 2. The van der Waals surface area contributed by atoms with Crippen molar-refractivity contribution in [3.8, 4) is 0 Å². The van der Waals surface area contributed by atoms with E-state index < -0.39 is 10.0 Å². The van der Waals surface area contributed by atoms with Gasteiger partial charge >= 0.3 is 6.03 Å². The molecule has 0 aromatic heterocycles. The van der Waals surface area contributed by atoms with Crippen LogP contribution in [0.5, 0.6) is 0 Å². The predicted octanol–water partition coefficient (Wildman–Crippen LogP) is 5.83. The van der Waals surface area contributed by atoms with Crippen LogP contribution < -0.4 is 5.32 Å². The number of halogens is 2. The number of carbonyl (C=O) groups excluding carboxylic acids is 1. The summed E-state index contributed by atoms with van der Waals surface area (Å²) in [6, 6.07) is 13.3. The summed E-state index contributed by atoms with van der Waals surface area (Å²) in [5.41, 5.74) is 2.35. The minimum absolute atomic E-state index is 0.138. The number of nitrogens with zero attached hydrogens (tertiary/aromatic N) is 3. The van der Waals surface area contributed by atoms with Crippen LogP contribution in [0.25, 0.3) is 0 Å². The molecule has 1 N–H and O–H groups in total. The van der Waals surface area contributed by atoms with Crippen molar-refractivity contribution in [1.29, 1.82) is 0 Å². The SMILES string of the molecule is CC1(C)C2CC=C(CN(CCN3CCN(S(=O)(=O)c4ccc(Cl)cc4)CC3)C(=O)Nc3ccc(Cl)cc3)C1C2. The number of piperazine rings is 1. The second kappa shape index (κ2) is 11.4. The molecule has 2 bridgehead atoms. The molecule has 2 aromatic rings. The molecule has 2 fully saturated rings. The summed E-state index contributed by atoms with van der Waals surface area (Å²) < 4.78 is 27.6. The highest BCUT2D eigenvalue weighted by Crippen LogP contribution is 2.59. The molecular formula is C29H36Cl2N4O3S. The van der Waals surface area contributed by atoms with Gasteiger partial charge in [0.1, 0.15) is 0 Å². The molecule has 0 spiro atoms. The van der Waals surface area contributed by atoms with E-state index in [9.17, 15) is 13.2 Å². The number of rotatable bonds is 8. The summed E-state index contributed by atoms with van der Waals surface area (Å²) in [5.74, 6) is 1.26. The van der Waals surface area contributed by atoms with Gasteiger partial charge in [-0.2, -0.15) is 4.31 Å². The molecule has 2 amide bonds. The number of hydrogen-bond acceptors (Lipinski definition) is 4. The standard InChI is InChI=1S/C29H36Cl2N4O3S/c1-29(2)22-4-3-21(27(29)19-22)20-34(28(36)32-25-9-5-23(30)6-10-25)16-13-33-14-17-35(18-15-33)39(37,38)26-11-7-24(31)8-12-26/h3,5-12,22,27H,4,13-20H2,1-2H3,(H,32,36). The molecule has 0 radical (unpaired) electrons. The van der Waals surface area contributed by atoms with Crippen LogP contribution in [-0.2, 0) is 10.0 Å². The zero-order valence-corrected chi connectivity index (χ0v) is 24.8. The average Bonchev–Trinajstić information content (AvgIpc) is 2.92. The summed E-state index contributed by atoms with van der Waals surface area (Å²) in [7, 11) is -3.56. The Bertz CT molecular complexity index is 1320. The van der Waals surface area contributed by atoms with E-state index in [2.05, 4.69) is 30.1 Å². The lowest BCUT2D eigenvalue weighted by molar-refractivity contribution is -0.00967. The number of anilines is 1. The van der Waals surface area contributed by atoms with Crippen LogP contribution in [0, 0.1) is 17.3 Å². The maximum atomic E-state index is 13.4. The molecule has 2 unspecified atom stereocenters. The lowest BCUT2D eigenvalue weighted by Crippen LogP contribution is -2.52. The number of urea groups is 1. The van der Waals surface area contributed by atoms with E-state index in [0.29, 0.717) is 67.5 Å². The highest BCUT2D eigenvalue weighted by atomic mass is 35.5. The number of hydrogen-bond donors (Lipinski definition) is 1. The fourth-order valence-corrected chi connectivity index (χ4v) is 7.75. The predicted molar refractivity (Wildman–Crippen MR) is 157 cm³/mol. The Hall–Kier alpha value is -2.10. The summed E-state index contributed by atoms with van der Waals surface area (Å²) in [6.07, 6.45) is 4.62. The van der Waals surface area contributed by atoms with Gasteiger partial charge in [0.2, 0.25) is 10.0 Å². The van der Waals surface area contributed by atoms with Crippen molar-refractivity contribution in [1.82, 2.24) is 14.1 Å². The van der Waals surface area contributed by atoms with E-state index in [1.807, 2.05) is 4.90 Å². The van der Waals surface area contributed by atoms with Crippen molar-refractivity contribution in [3.63, 3.8) is 0 Å². The number of amides is 2. The lowest BCUT2D eigenvalue weighted by Gasteiger charge is -2.57. The van der Waals surface area contributed by atoms with Gasteiger partial charge in [-0.05, 0) is 78.6 Å². The zero-order chi connectivity index (χ0) is 27.8. The van der Waals surface area contributed by atoms with Crippen molar-refractivity contribution in [2.24, 2.45) is 17.3 Å². The van der Waals surface area contributed by atoms with Crippen molar-refractivity contribution < 1.29 is 13.2 Å². The highest BCUT2D eigenvalue weighted by molar-refractivity contribution is 7.89. The van der Waals surface area contributed by atoms with E-state index in [-0.39, 0.29) is 16.3 Å². The fourth-order valence-electron chi connectivity index (χ4n) is 6.08. The molecule has 1 heterocycles. The fraction of sp³-hybridized carbons (Fsp3) is 0.483. The van der Waals surface area contributed by atoms with Crippen LogP contribution in [0.1, 0.15) is 26.7 Å². The van der Waals surface area contributed by atoms with Crippen molar-refractivity contribution in [3.05, 3.63) is 70.2 Å². The molecule has 1 aliphatic heterocycles. The third-order valence-corrected chi connectivity index (χ3v) is 11.2. The van der Waals surface area contributed by atoms with E-state index in [1.165, 1.54) is 16.3 Å². The monoisotopic (exact) mass is 590 g/mol. The van der Waals surface area contributed by atoms with Gasteiger partial charge in [-0.3, -0.25) is 4.90 Å². The quantitative estimate of drug-likeness (QED) is 0.393. The van der Waals surface area contributed by atoms with Gasteiger partial charge in [-0.1, -0.05) is 48.7 Å². The Kier molecular flexibility index (Phi) is 8.32. The van der Waals surface area contributed by atoms with Crippen molar-refractivity contribution >= 4 is 44.9 Å². The highest BCUT2D eigenvalue weighted by Gasteiger charge is 2.51. The minimum atomic E-state index is -3.56. The number of allylic oxidation sites excluding steroid dienone is 1. The van der Waals surface area contributed by atoms with Gasteiger partial charge in [-0.15, -0.1) is 0 Å². The molecular weight excluding hydrogens is 555 g/mol. The van der Waals surface area contributed by atoms with Gasteiger partial charge in [0.25, 0.3) is 0 Å². The zero-order valence-electron chi connectivity index (χ0n) is 22.4. The Balaban J connectivity index is 1.21. The molecule has 3 aliphatic carbocycles. The second-order valence-electron chi connectivity index (χ2n) is 11.4. The van der Waals surface area contributed by atoms with Gasteiger partial charge < -0.3 is 10.2 Å². The first-order valence-electron chi connectivity index (χ1n) is 13.5. The molecule has 39 heavy (non-hydrogen) atoms. The third kappa shape index (κ3) is 6.15. The molecule has 4 aliphatic rings. The first-order chi connectivity index (χ1) is 18.5. The minimum Gasteiger partial charge on any atom is -0.319 e. The smallest absolute Gasteiger partial charge is 0.319 e.